The van der Waals surface area contributed by atoms with Crippen LogP contribution < -0.4 is 9.64 Å². The lowest BCUT2D eigenvalue weighted by molar-refractivity contribution is 0.0230. The predicted molar refractivity (Wildman–Crippen MR) is 117 cm³/mol. The molecule has 0 bridgehead atoms. The fraction of sp³-hybridized carbons (Fsp3) is 0.320. The summed E-state index contributed by atoms with van der Waals surface area (Å²) in [5, 5.41) is 0. The van der Waals surface area contributed by atoms with Crippen LogP contribution in [0.5, 0.6) is 5.75 Å². The lowest BCUT2D eigenvalue weighted by Gasteiger charge is -2.44. The number of piperidine rings is 1. The first kappa shape index (κ1) is 18.8. The molecule has 1 fully saturated rings. The molecule has 1 spiro atoms. The third kappa shape index (κ3) is 3.34. The normalized spacial score (nSPS) is 17.5. The molecule has 3 aromatic rings. The molecule has 30 heavy (non-hydrogen) atoms. The lowest BCUT2D eigenvalue weighted by atomic mass is 9.82. The van der Waals surface area contributed by atoms with Gasteiger partial charge in [-0.15, -0.1) is 0 Å². The van der Waals surface area contributed by atoms with Gasteiger partial charge in [-0.25, -0.2) is 9.97 Å². The van der Waals surface area contributed by atoms with Gasteiger partial charge in [0.25, 0.3) is 0 Å². The van der Waals surface area contributed by atoms with E-state index in [-0.39, 0.29) is 5.78 Å². The summed E-state index contributed by atoms with van der Waals surface area (Å²) < 4.78 is 6.46. The average molecular weight is 399 g/mol. The molecule has 2 aromatic carbocycles. The van der Waals surface area contributed by atoms with Crippen molar-refractivity contribution in [3.63, 3.8) is 0 Å². The van der Waals surface area contributed by atoms with E-state index in [2.05, 4.69) is 33.9 Å². The van der Waals surface area contributed by atoms with Crippen LogP contribution in [0.3, 0.4) is 0 Å². The molecule has 1 aromatic heterocycles. The van der Waals surface area contributed by atoms with Gasteiger partial charge in [0.05, 0.1) is 17.7 Å². The maximum Gasteiger partial charge on any atom is 0.170 e. The molecule has 5 heteroatoms. The SMILES string of the molecule is Cc1cc2c(cc1C)C(=O)CC1(CCN(c3cc(-c4ccccc4)ncn3)CC1)O2. The Kier molecular flexibility index (Phi) is 4.54. The molecule has 2 aliphatic heterocycles. The van der Waals surface area contributed by atoms with Gasteiger partial charge in [0.2, 0.25) is 0 Å². The Morgan fingerprint density at radius 3 is 2.47 bits per heavy atom. The highest BCUT2D eigenvalue weighted by Crippen LogP contribution is 2.41. The van der Waals surface area contributed by atoms with E-state index in [0.717, 1.165) is 65.4 Å². The van der Waals surface area contributed by atoms with Gasteiger partial charge in [-0.1, -0.05) is 30.3 Å². The fourth-order valence-corrected chi connectivity index (χ4v) is 4.46. The van der Waals surface area contributed by atoms with E-state index in [9.17, 15) is 4.79 Å². The standard InChI is InChI=1S/C25H25N3O2/c1-17-12-20-22(29)15-25(30-23(20)13-18(17)2)8-10-28(11-9-25)24-14-21(26-16-27-24)19-6-4-3-5-7-19/h3-7,12-14,16H,8-11,15H2,1-2H3. The van der Waals surface area contributed by atoms with Gasteiger partial charge < -0.3 is 9.64 Å². The molecule has 0 amide bonds. The summed E-state index contributed by atoms with van der Waals surface area (Å²) in [6.45, 7) is 5.71. The van der Waals surface area contributed by atoms with Gasteiger partial charge in [0, 0.05) is 37.6 Å². The molecule has 5 rings (SSSR count). The number of nitrogens with zero attached hydrogens (tertiary/aromatic N) is 3. The van der Waals surface area contributed by atoms with Crippen LogP contribution in [0.15, 0.2) is 54.9 Å². The number of carbonyl (C=O) groups excluding carboxylic acids is 1. The van der Waals surface area contributed by atoms with Crippen molar-refractivity contribution in [2.45, 2.75) is 38.7 Å². The molecule has 5 nitrogen and oxygen atoms in total. The van der Waals surface area contributed by atoms with Crippen LogP contribution in [-0.4, -0.2) is 34.4 Å². The van der Waals surface area contributed by atoms with Gasteiger partial charge in [0.1, 0.15) is 23.5 Å². The zero-order valence-corrected chi connectivity index (χ0v) is 17.4. The number of ether oxygens (including phenoxy) is 1. The lowest BCUT2D eigenvalue weighted by Crippen LogP contribution is -2.51. The minimum absolute atomic E-state index is 0.196. The smallest absolute Gasteiger partial charge is 0.170 e. The minimum atomic E-state index is -0.405. The van der Waals surface area contributed by atoms with Crippen molar-refractivity contribution in [1.82, 2.24) is 9.97 Å². The molecular weight excluding hydrogens is 374 g/mol. The van der Waals surface area contributed by atoms with Crippen molar-refractivity contribution in [2.75, 3.05) is 18.0 Å². The van der Waals surface area contributed by atoms with Crippen molar-refractivity contribution >= 4 is 11.6 Å². The predicted octanol–water partition coefficient (Wildman–Crippen LogP) is 4.76. The fourth-order valence-electron chi connectivity index (χ4n) is 4.46. The van der Waals surface area contributed by atoms with E-state index in [1.165, 1.54) is 0 Å². The zero-order chi connectivity index (χ0) is 20.7. The molecular formula is C25H25N3O2. The molecule has 0 atom stereocenters. The number of hydrogen-bond donors (Lipinski definition) is 0. The zero-order valence-electron chi connectivity index (χ0n) is 17.4. The van der Waals surface area contributed by atoms with Crippen molar-refractivity contribution in [1.29, 1.82) is 0 Å². The van der Waals surface area contributed by atoms with Gasteiger partial charge in [-0.2, -0.15) is 0 Å². The van der Waals surface area contributed by atoms with E-state index in [1.807, 2.05) is 43.3 Å². The molecule has 152 valence electrons. The number of benzene rings is 2. The first-order valence-electron chi connectivity index (χ1n) is 10.5. The number of Topliss-reactive ketones (excluding diaryl/α,β-unsaturated/α-hetero) is 1. The quantitative estimate of drug-likeness (QED) is 0.622. The van der Waals surface area contributed by atoms with E-state index < -0.39 is 5.60 Å². The Hall–Kier alpha value is -3.21. The first-order valence-corrected chi connectivity index (χ1v) is 10.5. The van der Waals surface area contributed by atoms with Crippen molar-refractivity contribution in [2.24, 2.45) is 0 Å². The Morgan fingerprint density at radius 2 is 1.70 bits per heavy atom. The van der Waals surface area contributed by atoms with E-state index >= 15 is 0 Å². The van der Waals surface area contributed by atoms with Gasteiger partial charge >= 0.3 is 0 Å². The summed E-state index contributed by atoms with van der Waals surface area (Å²) in [4.78, 5) is 24.1. The Bertz CT molecular complexity index is 1100. The van der Waals surface area contributed by atoms with Crippen LogP contribution >= 0.6 is 0 Å². The summed E-state index contributed by atoms with van der Waals surface area (Å²) in [5.74, 6) is 1.87. The van der Waals surface area contributed by atoms with Crippen LogP contribution in [-0.2, 0) is 0 Å². The maximum atomic E-state index is 12.9. The molecule has 0 unspecified atom stereocenters. The molecule has 0 aliphatic carbocycles. The monoisotopic (exact) mass is 399 g/mol. The van der Waals surface area contributed by atoms with E-state index in [1.54, 1.807) is 6.33 Å². The van der Waals surface area contributed by atoms with E-state index in [4.69, 9.17) is 4.74 Å². The Labute approximate surface area is 176 Å². The highest BCUT2D eigenvalue weighted by molar-refractivity contribution is 6.00. The summed E-state index contributed by atoms with van der Waals surface area (Å²) in [6, 6.07) is 16.2. The average Bonchev–Trinajstić information content (AvgIpc) is 2.77. The van der Waals surface area contributed by atoms with Crippen LogP contribution in [0.4, 0.5) is 5.82 Å². The third-order valence-corrected chi connectivity index (χ3v) is 6.43. The maximum absolute atomic E-state index is 12.9. The topological polar surface area (TPSA) is 55.3 Å². The number of aromatic nitrogens is 2. The first-order chi connectivity index (χ1) is 14.5. The third-order valence-electron chi connectivity index (χ3n) is 6.43. The van der Waals surface area contributed by atoms with Crippen LogP contribution in [0.25, 0.3) is 11.3 Å². The molecule has 0 N–H and O–H groups in total. The second kappa shape index (κ2) is 7.24. The summed E-state index contributed by atoms with van der Waals surface area (Å²) in [5.41, 5.74) is 4.62. The summed E-state index contributed by atoms with van der Waals surface area (Å²) in [6.07, 6.45) is 3.69. The van der Waals surface area contributed by atoms with Crippen molar-refractivity contribution in [3.8, 4) is 17.0 Å². The number of anilines is 1. The molecule has 1 saturated heterocycles. The molecule has 2 aliphatic rings. The van der Waals surface area contributed by atoms with Crippen LogP contribution in [0.2, 0.25) is 0 Å². The van der Waals surface area contributed by atoms with Gasteiger partial charge in [-0.05, 0) is 37.1 Å². The van der Waals surface area contributed by atoms with Crippen molar-refractivity contribution in [3.05, 3.63) is 71.5 Å². The van der Waals surface area contributed by atoms with Crippen LogP contribution in [0, 0.1) is 13.8 Å². The highest BCUT2D eigenvalue weighted by atomic mass is 16.5. The molecule has 0 radical (unpaired) electrons. The highest BCUT2D eigenvalue weighted by Gasteiger charge is 2.43. The van der Waals surface area contributed by atoms with Crippen molar-refractivity contribution < 1.29 is 9.53 Å². The number of aryl methyl sites for hydroxylation is 2. The number of fused-ring (bicyclic) bond motifs is 1. The minimum Gasteiger partial charge on any atom is -0.486 e. The van der Waals surface area contributed by atoms with Gasteiger partial charge in [0.15, 0.2) is 5.78 Å². The number of carbonyl (C=O) groups is 1. The van der Waals surface area contributed by atoms with Gasteiger partial charge in [-0.3, -0.25) is 4.79 Å². The Morgan fingerprint density at radius 1 is 0.967 bits per heavy atom. The number of hydrogen-bond acceptors (Lipinski definition) is 5. The number of ketones is 1. The molecule has 0 saturated carbocycles. The summed E-state index contributed by atoms with van der Waals surface area (Å²) >= 11 is 0. The second-order valence-electron chi connectivity index (χ2n) is 8.43. The second-order valence-corrected chi connectivity index (χ2v) is 8.43. The number of rotatable bonds is 2. The molecule has 3 heterocycles. The van der Waals surface area contributed by atoms with E-state index in [0.29, 0.717) is 6.42 Å². The summed E-state index contributed by atoms with van der Waals surface area (Å²) in [7, 11) is 0. The Balaban J connectivity index is 1.34. The largest absolute Gasteiger partial charge is 0.486 e. The van der Waals surface area contributed by atoms with Crippen LogP contribution in [0.1, 0.15) is 40.7 Å².